The zero-order valence-electron chi connectivity index (χ0n) is 43.2. The van der Waals surface area contributed by atoms with Crippen molar-refractivity contribution in [2.45, 2.75) is 0 Å². The van der Waals surface area contributed by atoms with Gasteiger partial charge < -0.3 is 26.8 Å². The van der Waals surface area contributed by atoms with Gasteiger partial charge in [0.25, 0.3) is 0 Å². The molecule has 0 radical (unpaired) electrons. The number of aromatic nitrogens is 27. The Balaban J connectivity index is 0.000000445. The fourth-order valence-corrected chi connectivity index (χ4v) is 3.16. The van der Waals surface area contributed by atoms with Gasteiger partial charge in [0.2, 0.25) is 19.2 Å². The summed E-state index contributed by atoms with van der Waals surface area (Å²) in [6.07, 6.45) is 51.3. The van der Waals surface area contributed by atoms with Crippen molar-refractivity contribution in [3.8, 4) is 0 Å². The van der Waals surface area contributed by atoms with E-state index in [0.29, 0.717) is 0 Å². The fraction of sp³-hybridized carbons (Fsp3) is 0. The summed E-state index contributed by atoms with van der Waals surface area (Å²) < 4.78 is 30.3. The predicted octanol–water partition coefficient (Wildman–Crippen LogP) is 6.12. The molecule has 0 atom stereocenters. The van der Waals surface area contributed by atoms with E-state index in [9.17, 15) is 0 Å². The molecule has 34 heteroatoms. The SMILES string of the molecule is c1ccccc1.c1ccncc1.c1ccnnc1.c1ccoc1.c1cnccn1.c1cncnc1.c1cnncn1.c1cnoc1.c1cnon1.c1cocn1.c1conn1.c1ncncn1.c1ncon1.c1nncnn1.c1nnco1. The van der Waals surface area contributed by atoms with Crippen LogP contribution in [0.3, 0.4) is 0 Å². The minimum absolute atomic E-state index is 1.26. The van der Waals surface area contributed by atoms with Crippen molar-refractivity contribution in [2.24, 2.45) is 0 Å². The Kier molecular flexibility index (Phi) is 53.1. The first-order chi connectivity index (χ1) is 41.5. The second-order valence-electron chi connectivity index (χ2n) is 11.7. The molecule has 1 aromatic carbocycles. The van der Waals surface area contributed by atoms with Crippen molar-refractivity contribution in [3.05, 3.63) is 304 Å². The van der Waals surface area contributed by atoms with Crippen LogP contribution in [0, 0.1) is 0 Å². The number of hydrogen-bond acceptors (Lipinski definition) is 34. The topological polar surface area (TPSA) is 440 Å². The van der Waals surface area contributed by atoms with Gasteiger partial charge in [-0.15, -0.1) is 40.8 Å². The standard InChI is InChI=1S/C6H6.C5H5N.3C4H4N2.C4H4O.2C3H3N3.2C3H3NO.C2H2N4.4C2H2N2O/c2*1-2-4-6-5-3-1;1-2-6-4-3-5-1;1-2-5-4-6-3-1;1-2-4-6-5-3-1;1-2-4-5-3-1;1-4-2-6-3-5-1;1-2-5-6-3-4-1;1-2-5-3-4-1;1-2-4-5-3-1;1-3-5-2-6-4-1;1-3-4-2-5-1;1-3-2-5-4-1;1-2-5-4-3-1;1-2-4-5-3-1/h1-6H;1-5H;3*1-4H;1-4H;2*1-3H;2*1-3H;1-2H;4*1-2H. The molecule has 0 unspecified atom stereocenters. The van der Waals surface area contributed by atoms with Crippen LogP contribution in [0.25, 0.3) is 0 Å². The van der Waals surface area contributed by atoms with Crippen LogP contribution in [0.5, 0.6) is 0 Å². The largest absolute Gasteiger partial charge is 0.473 e. The minimum Gasteiger partial charge on any atom is -0.473 e. The molecule has 0 fully saturated rings. The third-order valence-electron chi connectivity index (χ3n) is 6.07. The second kappa shape index (κ2) is 64.9. The van der Waals surface area contributed by atoms with Gasteiger partial charge >= 0.3 is 0 Å². The molecule has 0 bridgehead atoms. The molecule has 0 aliphatic heterocycles. The van der Waals surface area contributed by atoms with Gasteiger partial charge in [0.05, 0.1) is 49.7 Å². The molecule has 0 saturated heterocycles. The smallest absolute Gasteiger partial charge is 0.213 e. The van der Waals surface area contributed by atoms with Crippen molar-refractivity contribution in [1.29, 1.82) is 0 Å². The average Bonchev–Trinajstić information content (AvgIpc) is 4.46. The average molecular weight is 1130 g/mol. The van der Waals surface area contributed by atoms with Crippen molar-refractivity contribution < 1.29 is 31.4 Å². The Hall–Kier alpha value is -13.2. The number of benzene rings is 1. The molecule has 83 heavy (non-hydrogen) atoms. The molecule has 0 aliphatic rings. The lowest BCUT2D eigenvalue weighted by molar-refractivity contribution is 0.307. The summed E-state index contributed by atoms with van der Waals surface area (Å²) >= 11 is 0. The summed E-state index contributed by atoms with van der Waals surface area (Å²) in [6, 6.07) is 28.5. The number of rotatable bonds is 0. The highest BCUT2D eigenvalue weighted by atomic mass is 16.6. The number of oxazole rings is 1. The Morgan fingerprint density at radius 1 is 0.181 bits per heavy atom. The van der Waals surface area contributed by atoms with Gasteiger partial charge in [-0.2, -0.15) is 15.3 Å². The summed E-state index contributed by atoms with van der Waals surface area (Å²) in [5.41, 5.74) is 0. The van der Waals surface area contributed by atoms with E-state index in [1.165, 1.54) is 120 Å². The van der Waals surface area contributed by atoms with E-state index < -0.39 is 0 Å². The molecule has 422 valence electrons. The molecular formula is C49H49N27O7. The third-order valence-corrected chi connectivity index (χ3v) is 6.07. The predicted molar refractivity (Wildman–Crippen MR) is 283 cm³/mol. The van der Waals surface area contributed by atoms with E-state index in [4.69, 9.17) is 0 Å². The summed E-state index contributed by atoms with van der Waals surface area (Å²) in [7, 11) is 0. The summed E-state index contributed by atoms with van der Waals surface area (Å²) in [6.45, 7) is 0. The fourth-order valence-electron chi connectivity index (χ4n) is 3.16. The molecular weight excluding hydrogens is 1080 g/mol. The zero-order chi connectivity index (χ0) is 58.7. The van der Waals surface area contributed by atoms with Gasteiger partial charge in [0, 0.05) is 73.4 Å². The van der Waals surface area contributed by atoms with Gasteiger partial charge in [-0.1, -0.05) is 63.1 Å². The zero-order valence-corrected chi connectivity index (χ0v) is 43.2. The molecule has 15 aromatic rings. The highest BCUT2D eigenvalue weighted by Gasteiger charge is 1.67. The molecule has 0 N–H and O–H groups in total. The maximum absolute atomic E-state index is 4.58. The summed E-state index contributed by atoms with van der Waals surface area (Å²) in [5, 5.41) is 53.5. The first kappa shape index (κ1) is 67.8. The van der Waals surface area contributed by atoms with E-state index >= 15 is 0 Å². The van der Waals surface area contributed by atoms with Crippen molar-refractivity contribution in [1.82, 2.24) is 137 Å². The van der Waals surface area contributed by atoms with Gasteiger partial charge in [-0.25, -0.2) is 44.5 Å². The van der Waals surface area contributed by atoms with Crippen molar-refractivity contribution >= 4 is 0 Å². The number of pyridine rings is 1. The Bertz CT molecular complexity index is 2140. The molecule has 14 aromatic heterocycles. The van der Waals surface area contributed by atoms with Crippen molar-refractivity contribution in [2.75, 3.05) is 0 Å². The van der Waals surface area contributed by atoms with E-state index in [0.717, 1.165) is 0 Å². The first-order valence-corrected chi connectivity index (χ1v) is 22.5. The maximum Gasteiger partial charge on any atom is 0.213 e. The van der Waals surface area contributed by atoms with Crippen LogP contribution in [-0.2, 0) is 0 Å². The van der Waals surface area contributed by atoms with Crippen molar-refractivity contribution in [3.63, 3.8) is 0 Å². The molecule has 15 rings (SSSR count). The molecule has 34 nitrogen and oxygen atoms in total. The number of nitrogens with zero attached hydrogens (tertiary/aromatic N) is 27. The van der Waals surface area contributed by atoms with E-state index in [2.05, 4.69) is 168 Å². The van der Waals surface area contributed by atoms with Gasteiger partial charge in [0.1, 0.15) is 50.4 Å². The number of hydrogen-bond donors (Lipinski definition) is 0. The van der Waals surface area contributed by atoms with Crippen LogP contribution in [0.1, 0.15) is 0 Å². The monoisotopic (exact) mass is 1130 g/mol. The quantitative estimate of drug-likeness (QED) is 0.165. The molecule has 14 heterocycles. The Morgan fingerprint density at radius 3 is 0.892 bits per heavy atom. The Morgan fingerprint density at radius 2 is 0.711 bits per heavy atom. The highest BCUT2D eigenvalue weighted by molar-refractivity contribution is 4.99. The highest BCUT2D eigenvalue weighted by Crippen LogP contribution is 1.81. The molecule has 0 aliphatic carbocycles. The lowest BCUT2D eigenvalue weighted by Crippen LogP contribution is -1.81. The molecule has 0 spiro atoms. The van der Waals surface area contributed by atoms with Gasteiger partial charge in [-0.05, 0) is 48.5 Å². The lowest BCUT2D eigenvalue weighted by Gasteiger charge is -1.70. The first-order valence-electron chi connectivity index (χ1n) is 22.5. The second-order valence-corrected chi connectivity index (χ2v) is 11.7. The molecule has 0 saturated carbocycles. The minimum atomic E-state index is 1.26. The van der Waals surface area contributed by atoms with Crippen LogP contribution in [0.15, 0.2) is 335 Å². The summed E-state index contributed by atoms with van der Waals surface area (Å²) in [4.78, 5) is 39.9. The van der Waals surface area contributed by atoms with E-state index in [-0.39, 0.29) is 0 Å². The lowest BCUT2D eigenvalue weighted by atomic mass is 10.4. The van der Waals surface area contributed by atoms with E-state index in [1.54, 1.807) is 105 Å². The van der Waals surface area contributed by atoms with Crippen LogP contribution >= 0.6 is 0 Å². The summed E-state index contributed by atoms with van der Waals surface area (Å²) in [5.74, 6) is 0. The normalized spacial score (nSPS) is 8.00. The van der Waals surface area contributed by atoms with Gasteiger partial charge in [0.15, 0.2) is 25.4 Å². The van der Waals surface area contributed by atoms with Crippen LogP contribution < -0.4 is 0 Å². The van der Waals surface area contributed by atoms with Crippen LogP contribution in [0.4, 0.5) is 0 Å². The van der Waals surface area contributed by atoms with E-state index in [1.807, 2.05) is 78.9 Å². The molecule has 0 amide bonds. The van der Waals surface area contributed by atoms with Crippen LogP contribution in [0.2, 0.25) is 0 Å². The number of furan rings is 1. The maximum atomic E-state index is 4.58. The van der Waals surface area contributed by atoms with Crippen LogP contribution in [-0.4, -0.2) is 137 Å². The van der Waals surface area contributed by atoms with Gasteiger partial charge in [-0.3, -0.25) is 15.0 Å². The third kappa shape index (κ3) is 63.0. The Labute approximate surface area is 470 Å².